The van der Waals surface area contributed by atoms with Gasteiger partial charge in [-0.15, -0.1) is 0 Å². The zero-order chi connectivity index (χ0) is 12.5. The quantitative estimate of drug-likeness (QED) is 0.872. The Hall–Kier alpha value is -1.54. The van der Waals surface area contributed by atoms with E-state index in [-0.39, 0.29) is 5.82 Å². The van der Waals surface area contributed by atoms with Gasteiger partial charge >= 0.3 is 0 Å². The van der Waals surface area contributed by atoms with Crippen LogP contribution in [-0.4, -0.2) is 6.54 Å². The van der Waals surface area contributed by atoms with Crippen LogP contribution in [0.25, 0.3) is 0 Å². The summed E-state index contributed by atoms with van der Waals surface area (Å²) >= 11 is 5.81. The van der Waals surface area contributed by atoms with Gasteiger partial charge in [0.05, 0.1) is 0 Å². The third kappa shape index (κ3) is 2.21. The molecule has 2 aromatic rings. The minimum Gasteiger partial charge on any atom is -0.384 e. The molecule has 1 aliphatic rings. The third-order valence-electron chi connectivity index (χ3n) is 3.38. The predicted octanol–water partition coefficient (Wildman–Crippen LogP) is 4.23. The summed E-state index contributed by atoms with van der Waals surface area (Å²) in [7, 11) is 0. The molecule has 18 heavy (non-hydrogen) atoms. The Morgan fingerprint density at radius 2 is 2.06 bits per heavy atom. The molecule has 1 nitrogen and oxygen atoms in total. The number of halogens is 2. The topological polar surface area (TPSA) is 12.0 Å². The molecule has 0 heterocycles. The molecule has 0 saturated heterocycles. The van der Waals surface area contributed by atoms with Gasteiger partial charge in [0.25, 0.3) is 0 Å². The van der Waals surface area contributed by atoms with Crippen LogP contribution in [0.5, 0.6) is 0 Å². The van der Waals surface area contributed by atoms with Crippen molar-refractivity contribution in [2.24, 2.45) is 0 Å². The molecule has 0 spiro atoms. The first kappa shape index (κ1) is 11.5. The molecule has 0 aromatic heterocycles. The van der Waals surface area contributed by atoms with Crippen molar-refractivity contribution in [2.75, 3.05) is 11.9 Å². The molecule has 0 aliphatic heterocycles. The monoisotopic (exact) mass is 261 g/mol. The summed E-state index contributed by atoms with van der Waals surface area (Å²) in [5.74, 6) is 0.210. The number of benzene rings is 2. The highest BCUT2D eigenvalue weighted by atomic mass is 35.5. The summed E-state index contributed by atoms with van der Waals surface area (Å²) in [5, 5.41) is 3.67. The van der Waals surface area contributed by atoms with Crippen LogP contribution < -0.4 is 5.32 Å². The summed E-state index contributed by atoms with van der Waals surface area (Å²) in [6.45, 7) is 0.816. The lowest BCUT2D eigenvalue weighted by atomic mass is 9.77. The molecule has 1 unspecified atom stereocenters. The zero-order valence-corrected chi connectivity index (χ0v) is 10.5. The molecular formula is C15H13ClFN. The lowest BCUT2D eigenvalue weighted by Gasteiger charge is -2.30. The zero-order valence-electron chi connectivity index (χ0n) is 9.79. The van der Waals surface area contributed by atoms with Crippen LogP contribution in [0.15, 0.2) is 42.5 Å². The minimum absolute atomic E-state index is 0.306. The van der Waals surface area contributed by atoms with Gasteiger partial charge in [-0.05, 0) is 35.7 Å². The molecule has 2 aromatic carbocycles. The maximum atomic E-state index is 13.2. The van der Waals surface area contributed by atoms with Crippen LogP contribution in [0.1, 0.15) is 17.0 Å². The van der Waals surface area contributed by atoms with E-state index < -0.39 is 0 Å². The molecular weight excluding hydrogens is 249 g/mol. The van der Waals surface area contributed by atoms with E-state index in [4.69, 9.17) is 11.6 Å². The van der Waals surface area contributed by atoms with Crippen LogP contribution in [0.4, 0.5) is 10.1 Å². The predicted molar refractivity (Wildman–Crippen MR) is 72.8 cm³/mol. The van der Waals surface area contributed by atoms with Gasteiger partial charge in [0.15, 0.2) is 0 Å². The van der Waals surface area contributed by atoms with Gasteiger partial charge in [-0.1, -0.05) is 35.9 Å². The van der Waals surface area contributed by atoms with E-state index in [9.17, 15) is 4.39 Å². The number of fused-ring (bicyclic) bond motifs is 1. The van der Waals surface area contributed by atoms with Gasteiger partial charge in [-0.3, -0.25) is 0 Å². The Bertz CT molecular complexity index is 562. The molecule has 0 fully saturated rings. The molecule has 3 rings (SSSR count). The van der Waals surface area contributed by atoms with Crippen LogP contribution in [0.2, 0.25) is 5.02 Å². The molecule has 0 radical (unpaired) electrons. The number of nitrogens with one attached hydrogen (secondary N) is 1. The Morgan fingerprint density at radius 3 is 2.83 bits per heavy atom. The number of anilines is 1. The second kappa shape index (κ2) is 4.62. The van der Waals surface area contributed by atoms with E-state index >= 15 is 0 Å². The fraction of sp³-hybridized carbons (Fsp3) is 0.200. The van der Waals surface area contributed by atoms with E-state index in [2.05, 4.69) is 29.6 Å². The number of hydrogen-bond acceptors (Lipinski definition) is 1. The van der Waals surface area contributed by atoms with E-state index in [0.717, 1.165) is 18.7 Å². The van der Waals surface area contributed by atoms with Crippen LogP contribution in [0.3, 0.4) is 0 Å². The van der Waals surface area contributed by atoms with Gasteiger partial charge in [-0.25, -0.2) is 4.39 Å². The summed E-state index contributed by atoms with van der Waals surface area (Å²) < 4.78 is 13.2. The maximum absolute atomic E-state index is 13.2. The van der Waals surface area contributed by atoms with E-state index in [1.807, 2.05) is 0 Å². The number of hydrogen-bond donors (Lipinski definition) is 1. The highest BCUT2D eigenvalue weighted by Crippen LogP contribution is 2.34. The third-order valence-corrected chi connectivity index (χ3v) is 3.59. The summed E-state index contributed by atoms with van der Waals surface area (Å²) in [5.41, 5.74) is 3.55. The normalized spacial score (nSPS) is 16.9. The van der Waals surface area contributed by atoms with Crippen LogP contribution in [0, 0.1) is 5.82 Å². The van der Waals surface area contributed by atoms with Gasteiger partial charge < -0.3 is 5.32 Å². The van der Waals surface area contributed by atoms with Crippen molar-refractivity contribution < 1.29 is 4.39 Å². The Labute approximate surface area is 111 Å². The van der Waals surface area contributed by atoms with Crippen molar-refractivity contribution in [3.63, 3.8) is 0 Å². The first-order chi connectivity index (χ1) is 8.72. The highest BCUT2D eigenvalue weighted by molar-refractivity contribution is 6.30. The molecule has 0 amide bonds. The Balaban J connectivity index is 1.66. The first-order valence-corrected chi connectivity index (χ1v) is 6.38. The standard InChI is InChI=1S/C15H13ClFN/c16-12-6-13(17)8-14(7-12)18-9-11-5-10-3-1-2-4-15(10)11/h1-4,6-8,11,18H,5,9H2. The SMILES string of the molecule is Fc1cc(Cl)cc(NCC2Cc3ccccc32)c1. The van der Waals surface area contributed by atoms with E-state index in [1.165, 1.54) is 23.3 Å². The Kier molecular flexibility index (Phi) is 2.96. The number of rotatable bonds is 3. The second-order valence-corrected chi connectivity index (χ2v) is 5.08. The fourth-order valence-electron chi connectivity index (χ4n) is 2.44. The molecule has 3 heteroatoms. The molecule has 0 saturated carbocycles. The van der Waals surface area contributed by atoms with Crippen molar-refractivity contribution in [3.8, 4) is 0 Å². The first-order valence-electron chi connectivity index (χ1n) is 6.00. The summed E-state index contributed by atoms with van der Waals surface area (Å²) in [4.78, 5) is 0. The summed E-state index contributed by atoms with van der Waals surface area (Å²) in [6.07, 6.45) is 1.09. The van der Waals surface area contributed by atoms with Gasteiger partial charge in [0.1, 0.15) is 5.82 Å². The molecule has 1 atom stereocenters. The minimum atomic E-state index is -0.306. The van der Waals surface area contributed by atoms with Crippen molar-refractivity contribution in [1.29, 1.82) is 0 Å². The lowest BCUT2D eigenvalue weighted by Crippen LogP contribution is -2.24. The van der Waals surface area contributed by atoms with Gasteiger partial charge in [0, 0.05) is 23.2 Å². The van der Waals surface area contributed by atoms with E-state index in [0.29, 0.717) is 10.9 Å². The molecule has 0 bridgehead atoms. The van der Waals surface area contributed by atoms with Crippen LogP contribution >= 0.6 is 11.6 Å². The average molecular weight is 262 g/mol. The molecule has 1 N–H and O–H groups in total. The van der Waals surface area contributed by atoms with Crippen molar-refractivity contribution >= 4 is 17.3 Å². The fourth-order valence-corrected chi connectivity index (χ4v) is 2.66. The highest BCUT2D eigenvalue weighted by Gasteiger charge is 2.24. The van der Waals surface area contributed by atoms with Crippen molar-refractivity contribution in [1.82, 2.24) is 0 Å². The lowest BCUT2D eigenvalue weighted by molar-refractivity contribution is 0.624. The second-order valence-electron chi connectivity index (χ2n) is 4.64. The van der Waals surface area contributed by atoms with Gasteiger partial charge in [0.2, 0.25) is 0 Å². The van der Waals surface area contributed by atoms with E-state index in [1.54, 1.807) is 6.07 Å². The Morgan fingerprint density at radius 1 is 1.22 bits per heavy atom. The average Bonchev–Trinajstić information content (AvgIpc) is 2.29. The van der Waals surface area contributed by atoms with Crippen molar-refractivity contribution in [3.05, 3.63) is 64.4 Å². The summed E-state index contributed by atoms with van der Waals surface area (Å²) in [6, 6.07) is 13.0. The smallest absolute Gasteiger partial charge is 0.126 e. The van der Waals surface area contributed by atoms with Crippen molar-refractivity contribution in [2.45, 2.75) is 12.3 Å². The maximum Gasteiger partial charge on any atom is 0.126 e. The van der Waals surface area contributed by atoms with Crippen LogP contribution in [-0.2, 0) is 6.42 Å². The molecule has 92 valence electrons. The molecule has 1 aliphatic carbocycles. The largest absolute Gasteiger partial charge is 0.384 e. The van der Waals surface area contributed by atoms with Gasteiger partial charge in [-0.2, -0.15) is 0 Å².